The molecule has 0 spiro atoms. The number of hydrogen-bond donors (Lipinski definition) is 2. The lowest BCUT2D eigenvalue weighted by Crippen LogP contribution is -2.29. The van der Waals surface area contributed by atoms with E-state index in [9.17, 15) is 5.11 Å². The molecule has 0 aromatic heterocycles. The summed E-state index contributed by atoms with van der Waals surface area (Å²) in [5.74, 6) is 2.13. The van der Waals surface area contributed by atoms with Crippen molar-refractivity contribution < 1.29 is 19.3 Å². The van der Waals surface area contributed by atoms with Gasteiger partial charge in [-0.25, -0.2) is 0 Å². The molecule has 5 heteroatoms. The maximum Gasteiger partial charge on any atom is 0.140 e. The Kier molecular flexibility index (Phi) is 5.87. The highest BCUT2D eigenvalue weighted by Crippen LogP contribution is 2.39. The van der Waals surface area contributed by atoms with Crippen LogP contribution in [0.25, 0.3) is 0 Å². The molecule has 3 rings (SSSR count). The number of methoxy groups -OCH3 is 3. The van der Waals surface area contributed by atoms with Gasteiger partial charge in [0.05, 0.1) is 21.3 Å². The Labute approximate surface area is 165 Å². The molecule has 0 saturated carbocycles. The predicted molar refractivity (Wildman–Crippen MR) is 109 cm³/mol. The van der Waals surface area contributed by atoms with Crippen molar-refractivity contribution in [2.45, 2.75) is 12.1 Å². The minimum Gasteiger partial charge on any atom is -0.497 e. The summed E-state index contributed by atoms with van der Waals surface area (Å²) in [6.45, 7) is 0.304. The van der Waals surface area contributed by atoms with Gasteiger partial charge in [-0.1, -0.05) is 30.3 Å². The van der Waals surface area contributed by atoms with Crippen molar-refractivity contribution in [1.29, 1.82) is 0 Å². The van der Waals surface area contributed by atoms with Crippen LogP contribution in [0.4, 0.5) is 0 Å². The Balaban J connectivity index is 2.20. The Hall–Kier alpha value is -3.02. The standard InChI is InChI=1S/C23H25NO4/c1-26-20-9-4-17(5-10-20)23(25,18-6-11-21(27-2)12-7-18)19-8-13-22(28-3)16(14-19)15-24/h4-14,25H,15,24H2,1-3H3. The summed E-state index contributed by atoms with van der Waals surface area (Å²) < 4.78 is 15.9. The van der Waals surface area contributed by atoms with Gasteiger partial charge in [-0.2, -0.15) is 0 Å². The van der Waals surface area contributed by atoms with Crippen molar-refractivity contribution in [3.05, 3.63) is 89.0 Å². The van der Waals surface area contributed by atoms with E-state index in [1.54, 1.807) is 21.3 Å². The molecular weight excluding hydrogens is 354 g/mol. The number of ether oxygens (including phenoxy) is 3. The lowest BCUT2D eigenvalue weighted by molar-refractivity contribution is 0.125. The van der Waals surface area contributed by atoms with Crippen molar-refractivity contribution >= 4 is 0 Å². The lowest BCUT2D eigenvalue weighted by Gasteiger charge is -2.31. The zero-order chi connectivity index (χ0) is 20.1. The van der Waals surface area contributed by atoms with Crippen LogP contribution in [0, 0.1) is 0 Å². The molecule has 28 heavy (non-hydrogen) atoms. The number of rotatable bonds is 7. The SMILES string of the molecule is COc1ccc(C(O)(c2ccc(OC)cc2)c2ccc(OC)c(CN)c2)cc1. The van der Waals surface area contributed by atoms with Gasteiger partial charge in [-0.05, 0) is 53.1 Å². The highest BCUT2D eigenvalue weighted by Gasteiger charge is 2.34. The first kappa shape index (κ1) is 19.7. The van der Waals surface area contributed by atoms with E-state index in [0.29, 0.717) is 29.0 Å². The van der Waals surface area contributed by atoms with Gasteiger partial charge in [0.25, 0.3) is 0 Å². The maximum atomic E-state index is 12.0. The predicted octanol–water partition coefficient (Wildman–Crippen LogP) is 3.46. The number of aliphatic hydroxyl groups is 1. The van der Waals surface area contributed by atoms with Crippen molar-refractivity contribution in [1.82, 2.24) is 0 Å². The van der Waals surface area contributed by atoms with E-state index in [2.05, 4.69) is 0 Å². The molecule has 146 valence electrons. The Morgan fingerprint density at radius 3 is 1.57 bits per heavy atom. The third kappa shape index (κ3) is 3.54. The van der Waals surface area contributed by atoms with Crippen molar-refractivity contribution in [2.75, 3.05) is 21.3 Å². The van der Waals surface area contributed by atoms with Gasteiger partial charge < -0.3 is 25.1 Å². The van der Waals surface area contributed by atoms with Crippen LogP contribution in [-0.2, 0) is 12.1 Å². The molecule has 0 unspecified atom stereocenters. The van der Waals surface area contributed by atoms with Gasteiger partial charge in [0, 0.05) is 12.1 Å². The molecule has 3 N–H and O–H groups in total. The van der Waals surface area contributed by atoms with Crippen LogP contribution in [0.2, 0.25) is 0 Å². The molecule has 3 aromatic carbocycles. The lowest BCUT2D eigenvalue weighted by atomic mass is 9.79. The Morgan fingerprint density at radius 2 is 1.18 bits per heavy atom. The first-order valence-corrected chi connectivity index (χ1v) is 8.95. The monoisotopic (exact) mass is 379 g/mol. The molecular formula is C23H25NO4. The molecule has 0 saturated heterocycles. The molecule has 0 amide bonds. The summed E-state index contributed by atoms with van der Waals surface area (Å²) in [6, 6.07) is 20.3. The fourth-order valence-corrected chi connectivity index (χ4v) is 3.33. The highest BCUT2D eigenvalue weighted by molar-refractivity contribution is 5.51. The summed E-state index contributed by atoms with van der Waals surface area (Å²) in [4.78, 5) is 0. The third-order valence-corrected chi connectivity index (χ3v) is 4.93. The zero-order valence-corrected chi connectivity index (χ0v) is 16.3. The van der Waals surface area contributed by atoms with Crippen LogP contribution < -0.4 is 19.9 Å². The van der Waals surface area contributed by atoms with E-state index in [1.807, 2.05) is 66.7 Å². The van der Waals surface area contributed by atoms with E-state index in [-0.39, 0.29) is 0 Å². The van der Waals surface area contributed by atoms with Crippen LogP contribution in [0.1, 0.15) is 22.3 Å². The van der Waals surface area contributed by atoms with Crippen molar-refractivity contribution in [3.63, 3.8) is 0 Å². The molecule has 0 aliphatic heterocycles. The van der Waals surface area contributed by atoms with Gasteiger partial charge in [-0.15, -0.1) is 0 Å². The van der Waals surface area contributed by atoms with E-state index in [1.165, 1.54) is 0 Å². The highest BCUT2D eigenvalue weighted by atomic mass is 16.5. The molecule has 0 heterocycles. The minimum absolute atomic E-state index is 0.304. The number of benzene rings is 3. The average Bonchev–Trinajstić information content (AvgIpc) is 2.78. The summed E-state index contributed by atoms with van der Waals surface area (Å²) in [6.07, 6.45) is 0. The van der Waals surface area contributed by atoms with Gasteiger partial charge >= 0.3 is 0 Å². The van der Waals surface area contributed by atoms with Gasteiger partial charge in [0.1, 0.15) is 22.8 Å². The molecule has 0 fully saturated rings. The van der Waals surface area contributed by atoms with Crippen molar-refractivity contribution in [2.24, 2.45) is 5.73 Å². The zero-order valence-electron chi connectivity index (χ0n) is 16.3. The van der Waals surface area contributed by atoms with Crippen LogP contribution in [-0.4, -0.2) is 26.4 Å². The average molecular weight is 379 g/mol. The second-order valence-corrected chi connectivity index (χ2v) is 6.40. The Bertz CT molecular complexity index is 873. The largest absolute Gasteiger partial charge is 0.497 e. The molecule has 0 bridgehead atoms. The first-order valence-electron chi connectivity index (χ1n) is 8.95. The van der Waals surface area contributed by atoms with Gasteiger partial charge in [0.15, 0.2) is 0 Å². The summed E-state index contributed by atoms with van der Waals surface area (Å²) >= 11 is 0. The fraction of sp³-hybridized carbons (Fsp3) is 0.217. The van der Waals surface area contributed by atoms with Gasteiger partial charge in [-0.3, -0.25) is 0 Å². The topological polar surface area (TPSA) is 73.9 Å². The summed E-state index contributed by atoms with van der Waals surface area (Å²) in [5.41, 5.74) is 7.46. The third-order valence-electron chi connectivity index (χ3n) is 4.93. The van der Waals surface area contributed by atoms with E-state index in [4.69, 9.17) is 19.9 Å². The molecule has 0 atom stereocenters. The second-order valence-electron chi connectivity index (χ2n) is 6.40. The minimum atomic E-state index is -1.38. The quantitative estimate of drug-likeness (QED) is 0.615. The molecule has 5 nitrogen and oxygen atoms in total. The van der Waals surface area contributed by atoms with Crippen molar-refractivity contribution in [3.8, 4) is 17.2 Å². The fourth-order valence-electron chi connectivity index (χ4n) is 3.33. The number of hydrogen-bond acceptors (Lipinski definition) is 5. The van der Waals surface area contributed by atoms with Crippen LogP contribution >= 0.6 is 0 Å². The number of nitrogens with two attached hydrogens (primary N) is 1. The molecule has 0 radical (unpaired) electrons. The molecule has 0 aliphatic rings. The summed E-state index contributed by atoms with van der Waals surface area (Å²) in [5, 5.41) is 12.0. The van der Waals surface area contributed by atoms with Gasteiger partial charge in [0.2, 0.25) is 0 Å². The summed E-state index contributed by atoms with van der Waals surface area (Å²) in [7, 11) is 4.83. The van der Waals surface area contributed by atoms with E-state index >= 15 is 0 Å². The van der Waals surface area contributed by atoms with Crippen LogP contribution in [0.5, 0.6) is 17.2 Å². The maximum absolute atomic E-state index is 12.0. The smallest absolute Gasteiger partial charge is 0.140 e. The van der Waals surface area contributed by atoms with E-state index in [0.717, 1.165) is 17.1 Å². The van der Waals surface area contributed by atoms with E-state index < -0.39 is 5.60 Å². The first-order chi connectivity index (χ1) is 13.6. The second kappa shape index (κ2) is 8.33. The normalized spacial score (nSPS) is 11.2. The molecule has 3 aromatic rings. The van der Waals surface area contributed by atoms with Crippen LogP contribution in [0.15, 0.2) is 66.7 Å². The molecule has 0 aliphatic carbocycles. The van der Waals surface area contributed by atoms with Crippen LogP contribution in [0.3, 0.4) is 0 Å². The Morgan fingerprint density at radius 1 is 0.714 bits per heavy atom.